The van der Waals surface area contributed by atoms with Gasteiger partial charge in [-0.25, -0.2) is 0 Å². The van der Waals surface area contributed by atoms with Crippen molar-refractivity contribution < 1.29 is 27.6 Å². The van der Waals surface area contributed by atoms with E-state index in [1.165, 1.54) is 24.3 Å². The third kappa shape index (κ3) is 8.66. The van der Waals surface area contributed by atoms with Gasteiger partial charge in [-0.3, -0.25) is 14.4 Å². The van der Waals surface area contributed by atoms with Crippen LogP contribution in [0.2, 0.25) is 10.0 Å². The molecule has 0 aromatic heterocycles. The highest BCUT2D eigenvalue weighted by Gasteiger charge is 2.34. The predicted octanol–water partition coefficient (Wildman–Crippen LogP) is 8.54. The number of hydrogen-bond acceptors (Lipinski definition) is 4. The summed E-state index contributed by atoms with van der Waals surface area (Å²) >= 11 is 13.7. The van der Waals surface area contributed by atoms with Crippen molar-refractivity contribution in [1.82, 2.24) is 5.32 Å². The van der Waals surface area contributed by atoms with Gasteiger partial charge in [0.25, 0.3) is 11.8 Å². The van der Waals surface area contributed by atoms with Crippen LogP contribution in [-0.4, -0.2) is 23.0 Å². The van der Waals surface area contributed by atoms with Gasteiger partial charge in [0.05, 0.1) is 16.5 Å². The summed E-state index contributed by atoms with van der Waals surface area (Å²) in [6.07, 6.45) is -3.26. The van der Waals surface area contributed by atoms with Crippen LogP contribution >= 0.6 is 35.0 Å². The zero-order valence-electron chi connectivity index (χ0n) is 22.9. The maximum Gasteiger partial charge on any atom is 0.418 e. The monoisotopic (exact) mass is 657 g/mol. The van der Waals surface area contributed by atoms with E-state index in [4.69, 9.17) is 23.2 Å². The van der Waals surface area contributed by atoms with Gasteiger partial charge in [0.1, 0.15) is 5.70 Å². The maximum atomic E-state index is 13.4. The van der Waals surface area contributed by atoms with Gasteiger partial charge in [-0.05, 0) is 67.6 Å². The Morgan fingerprint density at radius 1 is 0.818 bits per heavy atom. The van der Waals surface area contributed by atoms with Crippen LogP contribution in [-0.2, 0) is 15.8 Å². The van der Waals surface area contributed by atoms with E-state index in [0.717, 1.165) is 17.8 Å². The Kier molecular flexibility index (Phi) is 10.7. The minimum Gasteiger partial charge on any atom is -0.325 e. The van der Waals surface area contributed by atoms with E-state index in [-0.39, 0.29) is 21.4 Å². The highest BCUT2D eigenvalue weighted by Crippen LogP contribution is 2.35. The first kappa shape index (κ1) is 32.7. The molecule has 4 aromatic rings. The first-order valence-electron chi connectivity index (χ1n) is 13.0. The van der Waals surface area contributed by atoms with E-state index in [1.807, 2.05) is 0 Å². The van der Waals surface area contributed by atoms with Crippen LogP contribution in [0.4, 0.5) is 24.5 Å². The predicted molar refractivity (Wildman–Crippen MR) is 169 cm³/mol. The van der Waals surface area contributed by atoms with E-state index in [0.29, 0.717) is 21.7 Å². The molecule has 3 amide bonds. The third-order valence-corrected chi connectivity index (χ3v) is 7.83. The van der Waals surface area contributed by atoms with Crippen molar-refractivity contribution in [2.24, 2.45) is 0 Å². The topological polar surface area (TPSA) is 87.3 Å². The number of hydrogen-bond donors (Lipinski definition) is 3. The van der Waals surface area contributed by atoms with Gasteiger partial charge in [0.15, 0.2) is 0 Å². The molecule has 0 saturated heterocycles. The summed E-state index contributed by atoms with van der Waals surface area (Å²) < 4.78 is 40.0. The van der Waals surface area contributed by atoms with E-state index < -0.39 is 34.7 Å². The first-order valence-corrected chi connectivity index (χ1v) is 14.6. The van der Waals surface area contributed by atoms with Crippen molar-refractivity contribution in [2.75, 3.05) is 10.6 Å². The Hall–Kier alpha value is -4.25. The Bertz CT molecular complexity index is 1700. The van der Waals surface area contributed by atoms with E-state index in [9.17, 15) is 27.6 Å². The van der Waals surface area contributed by atoms with Crippen molar-refractivity contribution >= 4 is 70.1 Å². The number of anilines is 2. The van der Waals surface area contributed by atoms with Crippen LogP contribution in [0.3, 0.4) is 0 Å². The number of carbonyl (C=O) groups is 3. The highest BCUT2D eigenvalue weighted by atomic mass is 35.5. The van der Waals surface area contributed by atoms with Crippen LogP contribution in [0.15, 0.2) is 108 Å². The Balaban J connectivity index is 1.51. The molecular formula is C32H24Cl2F3N3O3S. The molecule has 44 heavy (non-hydrogen) atoms. The quantitative estimate of drug-likeness (QED) is 0.124. The fourth-order valence-corrected chi connectivity index (χ4v) is 5.35. The van der Waals surface area contributed by atoms with E-state index in [1.54, 1.807) is 79.7 Å². The number of nitrogens with one attached hydrogen (secondary N) is 3. The van der Waals surface area contributed by atoms with Crippen molar-refractivity contribution in [3.05, 3.63) is 129 Å². The second-order valence-corrected chi connectivity index (χ2v) is 11.5. The number of rotatable bonds is 9. The molecular weight excluding hydrogens is 634 g/mol. The normalized spacial score (nSPS) is 12.3. The lowest BCUT2D eigenvalue weighted by atomic mass is 10.1. The molecule has 226 valence electrons. The number of amides is 3. The first-order chi connectivity index (χ1) is 20.9. The molecule has 0 radical (unpaired) electrons. The molecule has 4 aromatic carbocycles. The minimum absolute atomic E-state index is 0.136. The number of thioether (sulfide) groups is 1. The Labute approximate surface area is 265 Å². The zero-order valence-corrected chi connectivity index (χ0v) is 25.2. The van der Waals surface area contributed by atoms with Crippen LogP contribution in [0.1, 0.15) is 28.4 Å². The standard InChI is InChI=1S/C32H24Cl2F3N3O3S/c1-19(29(41)39-27-16-6-5-13-24(27)32(35,36)37)44-22-12-7-11-21(17-22)38-31(43)28(18-23-25(33)14-8-15-26(23)34)40-30(42)20-9-3-2-4-10-20/h2-19H,1H3,(H,38,43)(H,39,41)(H,40,42)/b28-18+. The molecule has 3 N–H and O–H groups in total. The highest BCUT2D eigenvalue weighted by molar-refractivity contribution is 8.00. The molecule has 0 fully saturated rings. The maximum absolute atomic E-state index is 13.4. The fraction of sp³-hybridized carbons (Fsp3) is 0.0938. The molecule has 0 aliphatic rings. The summed E-state index contributed by atoms with van der Waals surface area (Å²) in [6.45, 7) is 1.55. The fourth-order valence-electron chi connectivity index (χ4n) is 3.91. The summed E-state index contributed by atoms with van der Waals surface area (Å²) in [4.78, 5) is 39.7. The van der Waals surface area contributed by atoms with Crippen molar-refractivity contribution in [2.45, 2.75) is 23.2 Å². The summed E-state index contributed by atoms with van der Waals surface area (Å²) in [5, 5.41) is 7.41. The van der Waals surface area contributed by atoms with Crippen molar-refractivity contribution in [3.8, 4) is 0 Å². The van der Waals surface area contributed by atoms with Gasteiger partial charge >= 0.3 is 6.18 Å². The number of halogens is 5. The smallest absolute Gasteiger partial charge is 0.325 e. The number of alkyl halides is 3. The molecule has 6 nitrogen and oxygen atoms in total. The van der Waals surface area contributed by atoms with Crippen LogP contribution < -0.4 is 16.0 Å². The molecule has 0 saturated carbocycles. The molecule has 12 heteroatoms. The Morgan fingerprint density at radius 2 is 1.45 bits per heavy atom. The van der Waals surface area contributed by atoms with Crippen LogP contribution in [0.5, 0.6) is 0 Å². The summed E-state index contributed by atoms with van der Waals surface area (Å²) in [5.41, 5.74) is -0.445. The van der Waals surface area contributed by atoms with Gasteiger partial charge in [-0.2, -0.15) is 13.2 Å². The van der Waals surface area contributed by atoms with Gasteiger partial charge in [0.2, 0.25) is 5.91 Å². The average Bonchev–Trinajstić information content (AvgIpc) is 2.98. The lowest BCUT2D eigenvalue weighted by Gasteiger charge is -2.16. The average molecular weight is 659 g/mol. The van der Waals surface area contributed by atoms with Gasteiger partial charge in [-0.15, -0.1) is 11.8 Å². The second kappa shape index (κ2) is 14.5. The molecule has 1 atom stereocenters. The minimum atomic E-state index is -4.63. The lowest BCUT2D eigenvalue weighted by molar-refractivity contribution is -0.137. The van der Waals surface area contributed by atoms with Crippen molar-refractivity contribution in [1.29, 1.82) is 0 Å². The van der Waals surface area contributed by atoms with Crippen LogP contribution in [0.25, 0.3) is 6.08 Å². The second-order valence-electron chi connectivity index (χ2n) is 9.29. The van der Waals surface area contributed by atoms with Gasteiger partial charge in [-0.1, -0.05) is 65.7 Å². The lowest BCUT2D eigenvalue weighted by Crippen LogP contribution is -2.30. The van der Waals surface area contributed by atoms with Gasteiger partial charge < -0.3 is 16.0 Å². The molecule has 0 aliphatic carbocycles. The summed E-state index contributed by atoms with van der Waals surface area (Å²) in [5.74, 6) is -1.85. The van der Waals surface area contributed by atoms with E-state index >= 15 is 0 Å². The molecule has 0 aliphatic heterocycles. The number of carbonyl (C=O) groups excluding carboxylic acids is 3. The molecule has 1 unspecified atom stereocenters. The summed E-state index contributed by atoms with van der Waals surface area (Å²) in [6, 6.07) is 24.4. The molecule has 0 spiro atoms. The molecule has 0 heterocycles. The SMILES string of the molecule is CC(Sc1cccc(NC(=O)/C(=C\c2c(Cl)cccc2Cl)NC(=O)c2ccccc2)c1)C(=O)Nc1ccccc1C(F)(F)F. The van der Waals surface area contributed by atoms with Crippen LogP contribution in [0, 0.1) is 0 Å². The largest absolute Gasteiger partial charge is 0.418 e. The summed E-state index contributed by atoms with van der Waals surface area (Å²) in [7, 11) is 0. The Morgan fingerprint density at radius 3 is 2.14 bits per heavy atom. The number of benzene rings is 4. The van der Waals surface area contributed by atoms with Gasteiger partial charge in [0, 0.05) is 31.8 Å². The molecule has 4 rings (SSSR count). The zero-order chi connectivity index (χ0) is 31.9. The number of para-hydroxylation sites is 1. The molecule has 0 bridgehead atoms. The van der Waals surface area contributed by atoms with Crippen molar-refractivity contribution in [3.63, 3.8) is 0 Å². The van der Waals surface area contributed by atoms with E-state index in [2.05, 4.69) is 16.0 Å². The third-order valence-electron chi connectivity index (χ3n) is 6.08.